The van der Waals surface area contributed by atoms with Crippen LogP contribution < -0.4 is 0 Å². The van der Waals surface area contributed by atoms with Crippen LogP contribution in [-0.4, -0.2) is 36.0 Å². The Balaban J connectivity index is 2.32. The van der Waals surface area contributed by atoms with Gasteiger partial charge in [0.15, 0.2) is 0 Å². The lowest BCUT2D eigenvalue weighted by Gasteiger charge is -2.26. The number of hydrogen-bond acceptors (Lipinski definition) is 3. The van der Waals surface area contributed by atoms with Gasteiger partial charge in [0.2, 0.25) is 5.91 Å². The molecule has 0 saturated carbocycles. The Kier molecular flexibility index (Phi) is 4.77. The predicted octanol–water partition coefficient (Wildman–Crippen LogP) is 1.73. The van der Waals surface area contributed by atoms with E-state index in [1.807, 2.05) is 4.90 Å². The van der Waals surface area contributed by atoms with E-state index in [1.54, 1.807) is 0 Å². The molecule has 16 heavy (non-hydrogen) atoms. The molecule has 0 aromatic rings. The smallest absolute Gasteiger partial charge is 0.305 e. The molecule has 0 bridgehead atoms. The molecule has 92 valence electrons. The summed E-state index contributed by atoms with van der Waals surface area (Å²) in [5.41, 5.74) is 0. The molecule has 1 saturated heterocycles. The number of methoxy groups -OCH3 is 1. The van der Waals surface area contributed by atoms with Gasteiger partial charge in [-0.3, -0.25) is 9.59 Å². The molecule has 1 heterocycles. The van der Waals surface area contributed by atoms with E-state index in [9.17, 15) is 9.59 Å². The summed E-state index contributed by atoms with van der Waals surface area (Å²) in [6, 6.07) is 0.696. The lowest BCUT2D eigenvalue weighted by atomic mass is 10.2. The largest absolute Gasteiger partial charge is 0.469 e. The van der Waals surface area contributed by atoms with Crippen molar-refractivity contribution in [1.82, 2.24) is 4.90 Å². The maximum atomic E-state index is 11.9. The minimum Gasteiger partial charge on any atom is -0.469 e. The standard InChI is InChI=1S/C12H21NO3/c1-9-7-8-10(2)13(9)11(14)5-4-6-12(15)16-3/h9-10H,4-8H2,1-3H3/t9-,10-/m1/s1. The SMILES string of the molecule is COC(=O)CCCC(=O)N1[C@H](C)CC[C@H]1C. The van der Waals surface area contributed by atoms with Crippen molar-refractivity contribution < 1.29 is 14.3 Å². The van der Waals surface area contributed by atoms with Crippen LogP contribution in [0.2, 0.25) is 0 Å². The van der Waals surface area contributed by atoms with Crippen molar-refractivity contribution in [2.24, 2.45) is 0 Å². The average molecular weight is 227 g/mol. The number of carbonyl (C=O) groups is 2. The number of likely N-dealkylation sites (tertiary alicyclic amines) is 1. The van der Waals surface area contributed by atoms with Crippen molar-refractivity contribution in [1.29, 1.82) is 0 Å². The van der Waals surface area contributed by atoms with Gasteiger partial charge in [0.1, 0.15) is 0 Å². The van der Waals surface area contributed by atoms with Gasteiger partial charge >= 0.3 is 5.97 Å². The Morgan fingerprint density at radius 2 is 1.75 bits per heavy atom. The summed E-state index contributed by atoms with van der Waals surface area (Å²) in [5, 5.41) is 0. The first kappa shape index (κ1) is 13.0. The Labute approximate surface area is 96.9 Å². The summed E-state index contributed by atoms with van der Waals surface area (Å²) in [4.78, 5) is 24.8. The normalized spacial score (nSPS) is 24.6. The first-order valence-corrected chi connectivity index (χ1v) is 5.94. The van der Waals surface area contributed by atoms with Gasteiger partial charge in [-0.05, 0) is 33.1 Å². The van der Waals surface area contributed by atoms with Gasteiger partial charge in [-0.15, -0.1) is 0 Å². The monoisotopic (exact) mass is 227 g/mol. The van der Waals surface area contributed by atoms with Gasteiger partial charge in [-0.2, -0.15) is 0 Å². The molecule has 0 radical (unpaired) electrons. The Bertz CT molecular complexity index is 255. The maximum Gasteiger partial charge on any atom is 0.305 e. The minimum atomic E-state index is -0.240. The zero-order valence-electron chi connectivity index (χ0n) is 10.4. The molecular weight excluding hydrogens is 206 g/mol. The van der Waals surface area contributed by atoms with E-state index in [-0.39, 0.29) is 11.9 Å². The lowest BCUT2D eigenvalue weighted by molar-refractivity contribution is -0.141. The van der Waals surface area contributed by atoms with Crippen molar-refractivity contribution in [2.45, 2.75) is 58.0 Å². The summed E-state index contributed by atoms with van der Waals surface area (Å²) < 4.78 is 4.54. The number of rotatable bonds is 4. The highest BCUT2D eigenvalue weighted by molar-refractivity contribution is 5.78. The van der Waals surface area contributed by atoms with Crippen LogP contribution >= 0.6 is 0 Å². The van der Waals surface area contributed by atoms with Gasteiger partial charge < -0.3 is 9.64 Å². The second-order valence-electron chi connectivity index (χ2n) is 4.51. The van der Waals surface area contributed by atoms with Crippen LogP contribution in [0, 0.1) is 0 Å². The second kappa shape index (κ2) is 5.87. The highest BCUT2D eigenvalue weighted by atomic mass is 16.5. The van der Waals surface area contributed by atoms with E-state index in [2.05, 4.69) is 18.6 Å². The van der Waals surface area contributed by atoms with Gasteiger partial charge in [0.05, 0.1) is 7.11 Å². The van der Waals surface area contributed by atoms with Crippen LogP contribution in [-0.2, 0) is 14.3 Å². The van der Waals surface area contributed by atoms with E-state index in [0.717, 1.165) is 12.8 Å². The molecular formula is C12H21NO3. The van der Waals surface area contributed by atoms with Crippen molar-refractivity contribution >= 4 is 11.9 Å². The first-order valence-electron chi connectivity index (χ1n) is 5.94. The van der Waals surface area contributed by atoms with Gasteiger partial charge in [0.25, 0.3) is 0 Å². The first-order chi connectivity index (χ1) is 7.56. The van der Waals surface area contributed by atoms with Crippen LogP contribution in [0.3, 0.4) is 0 Å². The minimum absolute atomic E-state index is 0.168. The summed E-state index contributed by atoms with van der Waals surface area (Å²) in [6.07, 6.45) is 3.54. The van der Waals surface area contributed by atoms with Gasteiger partial charge in [-0.1, -0.05) is 0 Å². The zero-order chi connectivity index (χ0) is 12.1. The fourth-order valence-electron chi connectivity index (χ4n) is 2.30. The molecule has 4 nitrogen and oxygen atoms in total. The second-order valence-corrected chi connectivity index (χ2v) is 4.51. The van der Waals surface area contributed by atoms with E-state index in [0.29, 0.717) is 31.3 Å². The molecule has 1 aliphatic rings. The molecule has 1 aliphatic heterocycles. The Morgan fingerprint density at radius 3 is 2.25 bits per heavy atom. The van der Waals surface area contributed by atoms with Crippen LogP contribution in [0.5, 0.6) is 0 Å². The quantitative estimate of drug-likeness (QED) is 0.687. The number of carbonyl (C=O) groups excluding carboxylic acids is 2. The predicted molar refractivity (Wildman–Crippen MR) is 60.9 cm³/mol. The number of hydrogen-bond donors (Lipinski definition) is 0. The van der Waals surface area contributed by atoms with Crippen LogP contribution in [0.1, 0.15) is 46.0 Å². The van der Waals surface area contributed by atoms with Gasteiger partial charge in [-0.25, -0.2) is 0 Å². The third kappa shape index (κ3) is 3.22. The molecule has 0 aliphatic carbocycles. The number of ether oxygens (including phenoxy) is 1. The molecule has 2 atom stereocenters. The summed E-state index contributed by atoms with van der Waals surface area (Å²) in [7, 11) is 1.37. The van der Waals surface area contributed by atoms with Crippen LogP contribution in [0.25, 0.3) is 0 Å². The Morgan fingerprint density at radius 1 is 1.19 bits per heavy atom. The molecule has 1 amide bonds. The van der Waals surface area contributed by atoms with Crippen molar-refractivity contribution in [2.75, 3.05) is 7.11 Å². The number of amides is 1. The van der Waals surface area contributed by atoms with Gasteiger partial charge in [0, 0.05) is 24.9 Å². The highest BCUT2D eigenvalue weighted by Gasteiger charge is 2.30. The number of nitrogens with zero attached hydrogens (tertiary/aromatic N) is 1. The fourth-order valence-corrected chi connectivity index (χ4v) is 2.30. The van der Waals surface area contributed by atoms with E-state index in [1.165, 1.54) is 7.11 Å². The van der Waals surface area contributed by atoms with E-state index >= 15 is 0 Å². The summed E-state index contributed by atoms with van der Waals surface area (Å²) >= 11 is 0. The molecule has 1 rings (SSSR count). The average Bonchev–Trinajstić information content (AvgIpc) is 2.58. The Hall–Kier alpha value is -1.06. The molecule has 0 aromatic carbocycles. The third-order valence-electron chi connectivity index (χ3n) is 3.24. The van der Waals surface area contributed by atoms with Crippen molar-refractivity contribution in [3.8, 4) is 0 Å². The van der Waals surface area contributed by atoms with Crippen LogP contribution in [0.15, 0.2) is 0 Å². The zero-order valence-corrected chi connectivity index (χ0v) is 10.4. The molecule has 4 heteroatoms. The van der Waals surface area contributed by atoms with E-state index in [4.69, 9.17) is 0 Å². The summed E-state index contributed by atoms with van der Waals surface area (Å²) in [6.45, 7) is 4.17. The van der Waals surface area contributed by atoms with E-state index < -0.39 is 0 Å². The number of esters is 1. The molecule has 0 unspecified atom stereocenters. The topological polar surface area (TPSA) is 46.6 Å². The lowest BCUT2D eigenvalue weighted by Crippen LogP contribution is -2.38. The third-order valence-corrected chi connectivity index (χ3v) is 3.24. The fraction of sp³-hybridized carbons (Fsp3) is 0.833. The molecule has 0 N–H and O–H groups in total. The molecule has 0 aromatic heterocycles. The molecule has 1 fully saturated rings. The van der Waals surface area contributed by atoms with Crippen LogP contribution in [0.4, 0.5) is 0 Å². The summed E-state index contributed by atoms with van der Waals surface area (Å²) in [5.74, 6) is -0.0725. The van der Waals surface area contributed by atoms with Crippen molar-refractivity contribution in [3.63, 3.8) is 0 Å². The molecule has 0 spiro atoms. The van der Waals surface area contributed by atoms with Crippen molar-refractivity contribution in [3.05, 3.63) is 0 Å². The highest BCUT2D eigenvalue weighted by Crippen LogP contribution is 2.24. The maximum absolute atomic E-state index is 11.9.